The summed E-state index contributed by atoms with van der Waals surface area (Å²) in [5, 5.41) is 6.27. The van der Waals surface area contributed by atoms with Crippen molar-refractivity contribution in [2.45, 2.75) is 33.2 Å². The van der Waals surface area contributed by atoms with Gasteiger partial charge in [-0.05, 0) is 35.4 Å². The van der Waals surface area contributed by atoms with E-state index in [1.165, 1.54) is 5.69 Å². The lowest BCUT2D eigenvalue weighted by Gasteiger charge is -2.32. The Morgan fingerprint density at radius 2 is 1.70 bits per heavy atom. The average Bonchev–Trinajstić information content (AvgIpc) is 3.14. The van der Waals surface area contributed by atoms with Crippen LogP contribution in [0.1, 0.15) is 38.8 Å². The maximum absolute atomic E-state index is 12.5. The molecule has 144 valence electrons. The predicted octanol–water partition coefficient (Wildman–Crippen LogP) is 4.60. The van der Waals surface area contributed by atoms with Gasteiger partial charge in [-0.15, -0.1) is 0 Å². The molecule has 2 amide bonds. The molecule has 2 unspecified atom stereocenters. The Morgan fingerprint density at radius 1 is 1.07 bits per heavy atom. The second-order valence-corrected chi connectivity index (χ2v) is 8.50. The van der Waals surface area contributed by atoms with E-state index in [1.807, 2.05) is 24.3 Å². The summed E-state index contributed by atoms with van der Waals surface area (Å²) in [6.45, 7) is 9.21. The number of hydrogen-bond acceptors (Lipinski definition) is 2. The molecule has 1 aliphatic rings. The number of urea groups is 1. The molecule has 0 aromatic heterocycles. The number of anilines is 1. The summed E-state index contributed by atoms with van der Waals surface area (Å²) in [7, 11) is 0. The molecule has 4 nitrogen and oxygen atoms in total. The predicted molar refractivity (Wildman–Crippen MR) is 112 cm³/mol. The summed E-state index contributed by atoms with van der Waals surface area (Å²) in [5.74, 6) is 0.487. The van der Waals surface area contributed by atoms with E-state index in [2.05, 4.69) is 72.7 Å². The molecule has 3 rings (SSSR count). The maximum Gasteiger partial charge on any atom is 0.315 e. The highest BCUT2D eigenvalue weighted by molar-refractivity contribution is 5.74. The van der Waals surface area contributed by atoms with Gasteiger partial charge >= 0.3 is 6.03 Å². The number of rotatable bonds is 5. The van der Waals surface area contributed by atoms with E-state index >= 15 is 0 Å². The van der Waals surface area contributed by atoms with Crippen LogP contribution < -0.4 is 15.5 Å². The summed E-state index contributed by atoms with van der Waals surface area (Å²) in [6.07, 6.45) is 1.11. The fourth-order valence-electron chi connectivity index (χ4n) is 3.74. The fraction of sp³-hybridized carbons (Fsp3) is 0.435. The van der Waals surface area contributed by atoms with Crippen molar-refractivity contribution < 1.29 is 4.79 Å². The Hall–Kier alpha value is -2.49. The lowest BCUT2D eigenvalue weighted by Crippen LogP contribution is -2.44. The number of nitrogens with zero attached hydrogens (tertiary/aromatic N) is 1. The number of hydrogen-bond donors (Lipinski definition) is 2. The smallest absolute Gasteiger partial charge is 0.315 e. The van der Waals surface area contributed by atoms with E-state index < -0.39 is 0 Å². The summed E-state index contributed by atoms with van der Waals surface area (Å²) in [6, 6.07) is 20.6. The van der Waals surface area contributed by atoms with Crippen molar-refractivity contribution in [2.24, 2.45) is 11.3 Å². The summed E-state index contributed by atoms with van der Waals surface area (Å²) < 4.78 is 0. The normalized spacial score (nSPS) is 18.2. The van der Waals surface area contributed by atoms with Crippen molar-refractivity contribution >= 4 is 11.7 Å². The van der Waals surface area contributed by atoms with Crippen LogP contribution in [0.25, 0.3) is 0 Å². The molecule has 2 atom stereocenters. The summed E-state index contributed by atoms with van der Waals surface area (Å²) in [5.41, 5.74) is 2.34. The average molecular weight is 366 g/mol. The molecular weight excluding hydrogens is 334 g/mol. The molecule has 0 bridgehead atoms. The summed E-state index contributed by atoms with van der Waals surface area (Å²) in [4.78, 5) is 14.9. The number of benzene rings is 2. The highest BCUT2D eigenvalue weighted by Crippen LogP contribution is 2.32. The molecule has 0 spiro atoms. The lowest BCUT2D eigenvalue weighted by molar-refractivity contribution is 0.217. The van der Waals surface area contributed by atoms with E-state index in [9.17, 15) is 4.79 Å². The SMILES string of the molecule is CC(C)(C)C(NC(=O)NCC1CCN(c2ccccc2)C1)c1ccccc1. The van der Waals surface area contributed by atoms with Crippen LogP contribution in [0.15, 0.2) is 60.7 Å². The second-order valence-electron chi connectivity index (χ2n) is 8.50. The molecule has 1 fully saturated rings. The van der Waals surface area contributed by atoms with Gasteiger partial charge in [-0.2, -0.15) is 0 Å². The van der Waals surface area contributed by atoms with Crippen LogP contribution in [-0.4, -0.2) is 25.7 Å². The first-order valence-corrected chi connectivity index (χ1v) is 9.83. The first kappa shape index (κ1) is 19.3. The molecule has 4 heteroatoms. The Kier molecular flexibility index (Phi) is 6.04. The third-order valence-electron chi connectivity index (χ3n) is 5.23. The zero-order chi connectivity index (χ0) is 19.3. The zero-order valence-electron chi connectivity index (χ0n) is 16.6. The molecule has 1 heterocycles. The minimum atomic E-state index is -0.0862. The molecule has 2 aromatic carbocycles. The van der Waals surface area contributed by atoms with Crippen LogP contribution in [0.4, 0.5) is 10.5 Å². The first-order chi connectivity index (χ1) is 12.9. The number of nitrogens with one attached hydrogen (secondary N) is 2. The highest BCUT2D eigenvalue weighted by atomic mass is 16.2. The van der Waals surface area contributed by atoms with Gasteiger partial charge in [0, 0.05) is 25.3 Å². The third-order valence-corrected chi connectivity index (χ3v) is 5.23. The zero-order valence-corrected chi connectivity index (χ0v) is 16.6. The number of carbonyl (C=O) groups excluding carboxylic acids is 1. The Labute approximate surface area is 163 Å². The van der Waals surface area contributed by atoms with E-state index in [0.717, 1.165) is 25.1 Å². The molecule has 0 aliphatic carbocycles. The fourth-order valence-corrected chi connectivity index (χ4v) is 3.74. The van der Waals surface area contributed by atoms with Crippen LogP contribution >= 0.6 is 0 Å². The molecule has 27 heavy (non-hydrogen) atoms. The molecule has 2 N–H and O–H groups in total. The topological polar surface area (TPSA) is 44.4 Å². The number of carbonyl (C=O) groups is 1. The van der Waals surface area contributed by atoms with Crippen molar-refractivity contribution in [1.29, 1.82) is 0 Å². The van der Waals surface area contributed by atoms with Gasteiger partial charge in [0.1, 0.15) is 0 Å². The second kappa shape index (κ2) is 8.47. The van der Waals surface area contributed by atoms with Crippen LogP contribution in [0.5, 0.6) is 0 Å². The molecule has 2 aromatic rings. The molecule has 1 aliphatic heterocycles. The highest BCUT2D eigenvalue weighted by Gasteiger charge is 2.28. The van der Waals surface area contributed by atoms with Crippen molar-refractivity contribution in [3.8, 4) is 0 Å². The van der Waals surface area contributed by atoms with Crippen molar-refractivity contribution in [3.63, 3.8) is 0 Å². The van der Waals surface area contributed by atoms with Crippen molar-refractivity contribution in [2.75, 3.05) is 24.5 Å². The lowest BCUT2D eigenvalue weighted by atomic mass is 9.82. The number of para-hydroxylation sites is 1. The minimum Gasteiger partial charge on any atom is -0.371 e. The van der Waals surface area contributed by atoms with Gasteiger partial charge in [0.05, 0.1) is 6.04 Å². The van der Waals surface area contributed by atoms with Gasteiger partial charge in [-0.1, -0.05) is 69.3 Å². The number of amides is 2. The van der Waals surface area contributed by atoms with Crippen LogP contribution in [0.3, 0.4) is 0 Å². The van der Waals surface area contributed by atoms with Gasteiger partial charge in [0.25, 0.3) is 0 Å². The quantitative estimate of drug-likeness (QED) is 0.813. The van der Waals surface area contributed by atoms with Crippen LogP contribution in [0.2, 0.25) is 0 Å². The van der Waals surface area contributed by atoms with Gasteiger partial charge in [0.15, 0.2) is 0 Å². The van der Waals surface area contributed by atoms with Gasteiger partial charge in [0.2, 0.25) is 0 Å². The van der Waals surface area contributed by atoms with Crippen LogP contribution in [0, 0.1) is 11.3 Å². The Bertz CT molecular complexity index is 724. The van der Waals surface area contributed by atoms with E-state index in [0.29, 0.717) is 12.5 Å². The third kappa shape index (κ3) is 5.25. The summed E-state index contributed by atoms with van der Waals surface area (Å²) >= 11 is 0. The maximum atomic E-state index is 12.5. The molecule has 1 saturated heterocycles. The van der Waals surface area contributed by atoms with E-state index in [1.54, 1.807) is 0 Å². The monoisotopic (exact) mass is 365 g/mol. The van der Waals surface area contributed by atoms with E-state index in [4.69, 9.17) is 0 Å². The molecule has 0 saturated carbocycles. The van der Waals surface area contributed by atoms with Crippen molar-refractivity contribution in [1.82, 2.24) is 10.6 Å². The van der Waals surface area contributed by atoms with E-state index in [-0.39, 0.29) is 17.5 Å². The van der Waals surface area contributed by atoms with Crippen LogP contribution in [-0.2, 0) is 0 Å². The Morgan fingerprint density at radius 3 is 2.33 bits per heavy atom. The van der Waals surface area contributed by atoms with Gasteiger partial charge < -0.3 is 15.5 Å². The van der Waals surface area contributed by atoms with Gasteiger partial charge in [-0.25, -0.2) is 4.79 Å². The van der Waals surface area contributed by atoms with Gasteiger partial charge in [-0.3, -0.25) is 0 Å². The largest absolute Gasteiger partial charge is 0.371 e. The molecule has 0 radical (unpaired) electrons. The molecular formula is C23H31N3O. The van der Waals surface area contributed by atoms with Crippen molar-refractivity contribution in [3.05, 3.63) is 66.2 Å². The Balaban J connectivity index is 1.52. The standard InChI is InChI=1S/C23H31N3O/c1-23(2,3)21(19-10-6-4-7-11-19)25-22(27)24-16-18-14-15-26(17-18)20-12-8-5-9-13-20/h4-13,18,21H,14-17H2,1-3H3,(H2,24,25,27). The first-order valence-electron chi connectivity index (χ1n) is 9.83. The minimum absolute atomic E-state index is 0.0249.